The molecule has 2 aromatic heterocycles. The topological polar surface area (TPSA) is 28.7 Å². The van der Waals surface area contributed by atoms with Gasteiger partial charge in [0.25, 0.3) is 0 Å². The van der Waals surface area contributed by atoms with Crippen LogP contribution in [0, 0.1) is 0 Å². The molecule has 100 valence electrons. The molecule has 2 heterocycles. The number of halogens is 3. The Morgan fingerprint density at radius 1 is 1.15 bits per heavy atom. The number of aromatic nitrogens is 2. The molecule has 0 spiro atoms. The van der Waals surface area contributed by atoms with E-state index in [0.29, 0.717) is 10.0 Å². The number of rotatable bonds is 2. The number of nitrogens with one attached hydrogen (secondary N) is 1. The second-order valence-corrected chi connectivity index (χ2v) is 5.99. The molecule has 5 heteroatoms. The first-order chi connectivity index (χ1) is 9.65. The first kappa shape index (κ1) is 13.7. The maximum atomic E-state index is 6.15. The third kappa shape index (κ3) is 2.62. The number of nitrogens with zero attached hydrogens (tertiary/aromatic N) is 1. The van der Waals surface area contributed by atoms with Crippen molar-refractivity contribution in [1.29, 1.82) is 0 Å². The van der Waals surface area contributed by atoms with Crippen LogP contribution in [0.25, 0.3) is 23.2 Å². The summed E-state index contributed by atoms with van der Waals surface area (Å²) >= 11 is 15.7. The van der Waals surface area contributed by atoms with E-state index in [2.05, 4.69) is 25.9 Å². The lowest BCUT2D eigenvalue weighted by Gasteiger charge is -2.00. The SMILES string of the molecule is Clc1cccc(Cl)c1/C=C/c1c[nH]c2ncc(Br)cc12. The zero-order valence-electron chi connectivity index (χ0n) is 10.2. The van der Waals surface area contributed by atoms with Gasteiger partial charge in [-0.3, -0.25) is 0 Å². The van der Waals surface area contributed by atoms with Gasteiger partial charge >= 0.3 is 0 Å². The normalized spacial score (nSPS) is 11.6. The van der Waals surface area contributed by atoms with Crippen LogP contribution >= 0.6 is 39.1 Å². The molecule has 0 amide bonds. The molecule has 1 aromatic carbocycles. The summed E-state index contributed by atoms with van der Waals surface area (Å²) in [6.07, 6.45) is 7.55. The fourth-order valence-corrected chi connectivity index (χ4v) is 2.83. The fraction of sp³-hybridized carbons (Fsp3) is 0. The van der Waals surface area contributed by atoms with E-state index in [4.69, 9.17) is 23.2 Å². The van der Waals surface area contributed by atoms with Crippen LogP contribution in [0.2, 0.25) is 10.0 Å². The second-order valence-electron chi connectivity index (χ2n) is 4.26. The lowest BCUT2D eigenvalue weighted by atomic mass is 10.1. The first-order valence-corrected chi connectivity index (χ1v) is 7.45. The van der Waals surface area contributed by atoms with Crippen LogP contribution in [0.4, 0.5) is 0 Å². The Balaban J connectivity index is 2.05. The van der Waals surface area contributed by atoms with Crippen molar-refractivity contribution in [2.45, 2.75) is 0 Å². The van der Waals surface area contributed by atoms with E-state index in [-0.39, 0.29) is 0 Å². The number of aromatic amines is 1. The minimum atomic E-state index is 0.632. The Hall–Kier alpha value is -1.29. The highest BCUT2D eigenvalue weighted by molar-refractivity contribution is 9.10. The maximum absolute atomic E-state index is 6.15. The van der Waals surface area contributed by atoms with E-state index in [9.17, 15) is 0 Å². The highest BCUT2D eigenvalue weighted by Gasteiger charge is 2.04. The van der Waals surface area contributed by atoms with Gasteiger partial charge in [0, 0.05) is 43.4 Å². The van der Waals surface area contributed by atoms with Crippen molar-refractivity contribution < 1.29 is 0 Å². The quantitative estimate of drug-likeness (QED) is 0.608. The van der Waals surface area contributed by atoms with Gasteiger partial charge in [-0.25, -0.2) is 4.98 Å². The van der Waals surface area contributed by atoms with Crippen LogP contribution < -0.4 is 0 Å². The van der Waals surface area contributed by atoms with Crippen molar-refractivity contribution >= 4 is 62.3 Å². The molecular weight excluding hydrogens is 359 g/mol. The number of pyridine rings is 1. The van der Waals surface area contributed by atoms with E-state index in [1.807, 2.05) is 42.6 Å². The summed E-state index contributed by atoms with van der Waals surface area (Å²) in [5, 5.41) is 2.31. The van der Waals surface area contributed by atoms with E-state index >= 15 is 0 Å². The zero-order chi connectivity index (χ0) is 14.1. The van der Waals surface area contributed by atoms with Gasteiger partial charge in [0.1, 0.15) is 5.65 Å². The summed E-state index contributed by atoms with van der Waals surface area (Å²) in [6.45, 7) is 0. The van der Waals surface area contributed by atoms with E-state index in [1.165, 1.54) is 0 Å². The molecule has 0 fully saturated rings. The number of H-pyrrole nitrogens is 1. The minimum Gasteiger partial charge on any atom is -0.346 e. The summed E-state index contributed by atoms with van der Waals surface area (Å²) in [4.78, 5) is 7.43. The third-order valence-electron chi connectivity index (χ3n) is 2.96. The van der Waals surface area contributed by atoms with Gasteiger partial charge in [-0.2, -0.15) is 0 Å². The molecule has 0 radical (unpaired) electrons. The predicted molar refractivity (Wildman–Crippen MR) is 89.2 cm³/mol. The molecule has 1 N–H and O–H groups in total. The number of hydrogen-bond donors (Lipinski definition) is 1. The molecule has 0 unspecified atom stereocenters. The zero-order valence-corrected chi connectivity index (χ0v) is 13.3. The van der Waals surface area contributed by atoms with Crippen molar-refractivity contribution in [3.8, 4) is 0 Å². The number of benzene rings is 1. The Kier molecular flexibility index (Phi) is 3.83. The van der Waals surface area contributed by atoms with Crippen LogP contribution in [-0.2, 0) is 0 Å². The molecule has 2 nitrogen and oxygen atoms in total. The first-order valence-electron chi connectivity index (χ1n) is 5.90. The molecule has 0 bridgehead atoms. The molecule has 0 saturated heterocycles. The third-order valence-corrected chi connectivity index (χ3v) is 4.05. The number of fused-ring (bicyclic) bond motifs is 1. The van der Waals surface area contributed by atoms with Crippen molar-refractivity contribution in [2.75, 3.05) is 0 Å². The molecule has 0 aliphatic rings. The number of hydrogen-bond acceptors (Lipinski definition) is 1. The lowest BCUT2D eigenvalue weighted by Crippen LogP contribution is -1.78. The van der Waals surface area contributed by atoms with Crippen molar-refractivity contribution in [2.24, 2.45) is 0 Å². The van der Waals surface area contributed by atoms with Gasteiger partial charge in [-0.1, -0.05) is 41.4 Å². The van der Waals surface area contributed by atoms with Crippen molar-refractivity contribution in [1.82, 2.24) is 9.97 Å². The van der Waals surface area contributed by atoms with E-state index < -0.39 is 0 Å². The summed E-state index contributed by atoms with van der Waals surface area (Å²) in [5.41, 5.74) is 2.69. The highest BCUT2D eigenvalue weighted by Crippen LogP contribution is 2.28. The van der Waals surface area contributed by atoms with Gasteiger partial charge < -0.3 is 4.98 Å². The molecule has 3 rings (SSSR count). The molecule has 0 saturated carbocycles. The van der Waals surface area contributed by atoms with Crippen molar-refractivity contribution in [3.05, 3.63) is 62.3 Å². The summed E-state index contributed by atoms with van der Waals surface area (Å²) in [7, 11) is 0. The second kappa shape index (κ2) is 5.60. The molecular formula is C15H9BrCl2N2. The predicted octanol–water partition coefficient (Wildman–Crippen LogP) is 5.80. The molecule has 0 atom stereocenters. The Morgan fingerprint density at radius 3 is 2.65 bits per heavy atom. The van der Waals surface area contributed by atoms with E-state index in [0.717, 1.165) is 26.6 Å². The van der Waals surface area contributed by atoms with Crippen LogP contribution in [0.1, 0.15) is 11.1 Å². The monoisotopic (exact) mass is 366 g/mol. The van der Waals surface area contributed by atoms with Gasteiger partial charge in [0.15, 0.2) is 0 Å². The largest absolute Gasteiger partial charge is 0.346 e. The minimum absolute atomic E-state index is 0.632. The Labute approximate surface area is 134 Å². The van der Waals surface area contributed by atoms with Crippen LogP contribution in [-0.4, -0.2) is 9.97 Å². The smallest absolute Gasteiger partial charge is 0.137 e. The Morgan fingerprint density at radius 2 is 1.90 bits per heavy atom. The van der Waals surface area contributed by atoms with Crippen LogP contribution in [0.15, 0.2) is 41.1 Å². The average Bonchev–Trinajstić information content (AvgIpc) is 2.81. The van der Waals surface area contributed by atoms with Gasteiger partial charge in [0.2, 0.25) is 0 Å². The summed E-state index contributed by atoms with van der Waals surface area (Å²) in [5.74, 6) is 0. The standard InChI is InChI=1S/C15H9BrCl2N2/c16-10-6-12-9(7-19-15(12)20-8-10)4-5-11-13(17)2-1-3-14(11)18/h1-8H,(H,19,20)/b5-4+. The van der Waals surface area contributed by atoms with Crippen molar-refractivity contribution in [3.63, 3.8) is 0 Å². The van der Waals surface area contributed by atoms with E-state index in [1.54, 1.807) is 6.20 Å². The maximum Gasteiger partial charge on any atom is 0.137 e. The molecule has 20 heavy (non-hydrogen) atoms. The molecule has 3 aromatic rings. The van der Waals surface area contributed by atoms with Gasteiger partial charge in [-0.15, -0.1) is 0 Å². The van der Waals surface area contributed by atoms with Gasteiger partial charge in [0.05, 0.1) is 0 Å². The van der Waals surface area contributed by atoms with Crippen LogP contribution in [0.5, 0.6) is 0 Å². The lowest BCUT2D eigenvalue weighted by molar-refractivity contribution is 1.31. The molecule has 0 aliphatic heterocycles. The Bertz CT molecular complexity index is 788. The average molecular weight is 368 g/mol. The summed E-state index contributed by atoms with van der Waals surface area (Å²) < 4.78 is 0.940. The molecule has 0 aliphatic carbocycles. The fourth-order valence-electron chi connectivity index (χ4n) is 1.98. The highest BCUT2D eigenvalue weighted by atomic mass is 79.9. The van der Waals surface area contributed by atoms with Gasteiger partial charge in [-0.05, 0) is 34.1 Å². The summed E-state index contributed by atoms with van der Waals surface area (Å²) in [6, 6.07) is 7.49. The van der Waals surface area contributed by atoms with Crippen LogP contribution in [0.3, 0.4) is 0 Å².